The highest BCUT2D eigenvalue weighted by molar-refractivity contribution is 14.1. The van der Waals surface area contributed by atoms with Gasteiger partial charge in [0.15, 0.2) is 0 Å². The zero-order valence-corrected chi connectivity index (χ0v) is 8.20. The third kappa shape index (κ3) is 2.00. The van der Waals surface area contributed by atoms with Gasteiger partial charge in [-0.3, -0.25) is 4.98 Å². The fourth-order valence-corrected chi connectivity index (χ4v) is 1.04. The minimum Gasteiger partial charge on any atom is -0.480 e. The third-order valence-electron chi connectivity index (χ3n) is 1.17. The Morgan fingerprint density at radius 2 is 2.45 bits per heavy atom. The van der Waals surface area contributed by atoms with Crippen molar-refractivity contribution >= 4 is 22.6 Å². The second-order valence-corrected chi connectivity index (χ2v) is 2.96. The number of hydrogen-bond donors (Lipinski definition) is 1. The van der Waals surface area contributed by atoms with Crippen molar-refractivity contribution < 1.29 is 4.74 Å². The Kier molecular flexibility index (Phi) is 3.01. The van der Waals surface area contributed by atoms with Crippen molar-refractivity contribution in [2.75, 3.05) is 7.11 Å². The van der Waals surface area contributed by atoms with E-state index < -0.39 is 0 Å². The van der Waals surface area contributed by atoms with E-state index in [2.05, 4.69) is 32.6 Å². The van der Waals surface area contributed by atoms with E-state index in [1.807, 2.05) is 0 Å². The largest absolute Gasteiger partial charge is 0.480 e. The van der Waals surface area contributed by atoms with Crippen molar-refractivity contribution in [3.63, 3.8) is 0 Å². The average molecular weight is 265 g/mol. The molecule has 0 saturated heterocycles. The Balaban J connectivity index is 3.06. The van der Waals surface area contributed by atoms with Gasteiger partial charge in [0.1, 0.15) is 9.39 Å². The van der Waals surface area contributed by atoms with E-state index in [1.54, 1.807) is 13.3 Å². The Morgan fingerprint density at radius 1 is 1.73 bits per heavy atom. The van der Waals surface area contributed by atoms with Crippen LogP contribution in [0.1, 0.15) is 5.69 Å². The number of halogens is 1. The Hall–Kier alpha value is -0.430. The van der Waals surface area contributed by atoms with Gasteiger partial charge in [0, 0.05) is 6.54 Å². The molecule has 0 unspecified atom stereocenters. The van der Waals surface area contributed by atoms with Gasteiger partial charge in [-0.05, 0) is 22.6 Å². The van der Waals surface area contributed by atoms with E-state index in [0.29, 0.717) is 18.1 Å². The lowest BCUT2D eigenvalue weighted by Gasteiger charge is -2.02. The van der Waals surface area contributed by atoms with Crippen LogP contribution in [-0.2, 0) is 6.54 Å². The molecule has 1 aromatic heterocycles. The summed E-state index contributed by atoms with van der Waals surface area (Å²) in [5.74, 6) is 0.513. The standard InChI is InChI=1S/C6H8IN3O/c1-11-6-4(2-8)9-3-5(7)10-6/h3H,2,8H2,1H3. The first-order valence-corrected chi connectivity index (χ1v) is 4.11. The molecule has 0 aliphatic rings. The summed E-state index contributed by atoms with van der Waals surface area (Å²) in [6, 6.07) is 0. The number of aromatic nitrogens is 2. The average Bonchev–Trinajstić information content (AvgIpc) is 2.04. The Morgan fingerprint density at radius 3 is 3.00 bits per heavy atom. The zero-order chi connectivity index (χ0) is 8.27. The lowest BCUT2D eigenvalue weighted by atomic mass is 10.4. The molecule has 0 amide bonds. The fourth-order valence-electron chi connectivity index (χ4n) is 0.680. The van der Waals surface area contributed by atoms with Crippen molar-refractivity contribution in [3.8, 4) is 5.88 Å². The number of methoxy groups -OCH3 is 1. The molecule has 0 radical (unpaired) electrons. The number of hydrogen-bond acceptors (Lipinski definition) is 4. The molecule has 1 heterocycles. The number of rotatable bonds is 2. The summed E-state index contributed by atoms with van der Waals surface area (Å²) in [7, 11) is 1.55. The van der Waals surface area contributed by atoms with Gasteiger partial charge >= 0.3 is 0 Å². The molecule has 0 bridgehead atoms. The normalized spacial score (nSPS) is 9.73. The summed E-state index contributed by atoms with van der Waals surface area (Å²) in [6.45, 7) is 0.354. The van der Waals surface area contributed by atoms with Gasteiger partial charge in [0.2, 0.25) is 5.88 Å². The number of nitrogens with two attached hydrogens (primary N) is 1. The van der Waals surface area contributed by atoms with E-state index in [-0.39, 0.29) is 0 Å². The molecular formula is C6H8IN3O. The Bertz CT molecular complexity index is 254. The SMILES string of the molecule is COc1nc(I)cnc1CN. The maximum absolute atomic E-state index is 5.39. The van der Waals surface area contributed by atoms with Crippen LogP contribution in [0.3, 0.4) is 0 Å². The van der Waals surface area contributed by atoms with Crippen LogP contribution in [-0.4, -0.2) is 17.1 Å². The third-order valence-corrected chi connectivity index (χ3v) is 1.69. The summed E-state index contributed by atoms with van der Waals surface area (Å²) in [6.07, 6.45) is 1.66. The maximum Gasteiger partial charge on any atom is 0.237 e. The van der Waals surface area contributed by atoms with Crippen LogP contribution in [0.4, 0.5) is 0 Å². The predicted molar refractivity (Wildman–Crippen MR) is 49.2 cm³/mol. The molecule has 2 N–H and O–H groups in total. The molecular weight excluding hydrogens is 257 g/mol. The highest BCUT2D eigenvalue weighted by Gasteiger charge is 2.03. The van der Waals surface area contributed by atoms with Crippen molar-refractivity contribution in [3.05, 3.63) is 15.6 Å². The first-order chi connectivity index (χ1) is 5.27. The van der Waals surface area contributed by atoms with Crippen LogP contribution in [0.2, 0.25) is 0 Å². The highest BCUT2D eigenvalue weighted by atomic mass is 127. The minimum atomic E-state index is 0.354. The topological polar surface area (TPSA) is 61.0 Å². The van der Waals surface area contributed by atoms with Crippen molar-refractivity contribution in [2.24, 2.45) is 5.73 Å². The predicted octanol–water partition coefficient (Wildman–Crippen LogP) is 0.549. The van der Waals surface area contributed by atoms with Crippen molar-refractivity contribution in [2.45, 2.75) is 6.54 Å². The van der Waals surface area contributed by atoms with Crippen LogP contribution >= 0.6 is 22.6 Å². The van der Waals surface area contributed by atoms with Crippen LogP contribution in [0, 0.1) is 3.70 Å². The lowest BCUT2D eigenvalue weighted by molar-refractivity contribution is 0.388. The molecule has 4 nitrogen and oxygen atoms in total. The van der Waals surface area contributed by atoms with Gasteiger partial charge in [-0.2, -0.15) is 0 Å². The van der Waals surface area contributed by atoms with Crippen molar-refractivity contribution in [1.29, 1.82) is 0 Å². The van der Waals surface area contributed by atoms with Crippen LogP contribution in [0.5, 0.6) is 5.88 Å². The van der Waals surface area contributed by atoms with Crippen LogP contribution in [0.25, 0.3) is 0 Å². The molecule has 0 aliphatic heterocycles. The minimum absolute atomic E-state index is 0.354. The smallest absolute Gasteiger partial charge is 0.237 e. The molecule has 1 aromatic rings. The molecule has 0 aliphatic carbocycles. The second kappa shape index (κ2) is 3.82. The van der Waals surface area contributed by atoms with Gasteiger partial charge in [0.25, 0.3) is 0 Å². The van der Waals surface area contributed by atoms with Gasteiger partial charge in [0.05, 0.1) is 13.3 Å². The molecule has 5 heteroatoms. The summed E-state index contributed by atoms with van der Waals surface area (Å²) >= 11 is 2.07. The summed E-state index contributed by atoms with van der Waals surface area (Å²) in [5, 5.41) is 0. The van der Waals surface area contributed by atoms with Crippen LogP contribution in [0.15, 0.2) is 6.20 Å². The molecule has 0 spiro atoms. The number of nitrogens with zero attached hydrogens (tertiary/aromatic N) is 2. The summed E-state index contributed by atoms with van der Waals surface area (Å²) in [4.78, 5) is 8.13. The monoisotopic (exact) mass is 265 g/mol. The zero-order valence-electron chi connectivity index (χ0n) is 6.04. The van der Waals surface area contributed by atoms with E-state index in [4.69, 9.17) is 10.5 Å². The maximum atomic E-state index is 5.39. The first kappa shape index (κ1) is 8.66. The molecule has 0 saturated carbocycles. The van der Waals surface area contributed by atoms with Crippen molar-refractivity contribution in [1.82, 2.24) is 9.97 Å². The Labute approximate surface area is 78.3 Å². The molecule has 0 fully saturated rings. The first-order valence-electron chi connectivity index (χ1n) is 3.03. The van der Waals surface area contributed by atoms with Crippen LogP contribution < -0.4 is 10.5 Å². The second-order valence-electron chi connectivity index (χ2n) is 1.85. The fraction of sp³-hybridized carbons (Fsp3) is 0.333. The molecule has 11 heavy (non-hydrogen) atoms. The quantitative estimate of drug-likeness (QED) is 0.793. The molecule has 0 atom stereocenters. The van der Waals surface area contributed by atoms with Gasteiger partial charge in [-0.15, -0.1) is 0 Å². The van der Waals surface area contributed by atoms with E-state index in [0.717, 1.165) is 3.70 Å². The molecule has 0 aromatic carbocycles. The lowest BCUT2D eigenvalue weighted by Crippen LogP contribution is -2.05. The van der Waals surface area contributed by atoms with Gasteiger partial charge in [-0.1, -0.05) is 0 Å². The highest BCUT2D eigenvalue weighted by Crippen LogP contribution is 2.12. The van der Waals surface area contributed by atoms with Gasteiger partial charge < -0.3 is 10.5 Å². The van der Waals surface area contributed by atoms with E-state index in [1.165, 1.54) is 0 Å². The summed E-state index contributed by atoms with van der Waals surface area (Å²) in [5.41, 5.74) is 6.08. The van der Waals surface area contributed by atoms with Gasteiger partial charge in [-0.25, -0.2) is 4.98 Å². The van der Waals surface area contributed by atoms with E-state index in [9.17, 15) is 0 Å². The van der Waals surface area contributed by atoms with E-state index >= 15 is 0 Å². The molecule has 60 valence electrons. The number of ether oxygens (including phenoxy) is 1. The molecule has 1 rings (SSSR count). The summed E-state index contributed by atoms with van der Waals surface area (Å²) < 4.78 is 5.76.